The van der Waals surface area contributed by atoms with Crippen molar-refractivity contribution in [2.24, 2.45) is 0 Å². The number of hydrogen-bond acceptors (Lipinski definition) is 8. The molecule has 2 aromatic carbocycles. The fourth-order valence-corrected chi connectivity index (χ4v) is 2.82. The number of nitrogens with zero attached hydrogens (tertiary/aromatic N) is 4. The summed E-state index contributed by atoms with van der Waals surface area (Å²) in [5, 5.41) is 24.9. The monoisotopic (exact) mass is 561 g/mol. The third kappa shape index (κ3) is 7.70. The topological polar surface area (TPSA) is 152 Å². The molecule has 4 aromatic rings. The molecule has 200 valence electrons. The number of hydrogen-bond donors (Lipinski definition) is 4. The van der Waals surface area contributed by atoms with Crippen molar-refractivity contribution in [3.8, 4) is 23.0 Å². The third-order valence-electron chi connectivity index (χ3n) is 4.27. The number of aromatic amines is 1. The van der Waals surface area contributed by atoms with Gasteiger partial charge in [-0.3, -0.25) is 0 Å². The van der Waals surface area contributed by atoms with Crippen LogP contribution in [0.15, 0.2) is 54.6 Å². The van der Waals surface area contributed by atoms with Crippen LogP contribution in [0.3, 0.4) is 0 Å². The number of carboxylic acids is 1. The number of carbonyl (C=O) groups is 1. The second-order valence-corrected chi connectivity index (χ2v) is 7.47. The van der Waals surface area contributed by atoms with Crippen molar-refractivity contribution in [3.63, 3.8) is 0 Å². The van der Waals surface area contributed by atoms with Gasteiger partial charge >= 0.3 is 18.3 Å². The SMILES string of the molecule is Nc1ccc(Oc2ccc(-c3nnc(Nc4ccc(Cl)c(C(F)(F)F)c4)[nH]3)cc2)nn1.O=C(O)C(F)(F)F. The maximum atomic E-state index is 13.0. The van der Waals surface area contributed by atoms with Crippen LogP contribution in [0, 0.1) is 0 Å². The molecule has 0 aliphatic heterocycles. The normalized spacial score (nSPS) is 11.3. The summed E-state index contributed by atoms with van der Waals surface area (Å²) in [6.07, 6.45) is -9.65. The van der Waals surface area contributed by atoms with Crippen molar-refractivity contribution < 1.29 is 41.0 Å². The van der Waals surface area contributed by atoms with E-state index in [1.807, 2.05) is 0 Å². The van der Waals surface area contributed by atoms with Crippen LogP contribution in [0.5, 0.6) is 11.6 Å². The van der Waals surface area contributed by atoms with Gasteiger partial charge in [0.2, 0.25) is 11.8 Å². The molecule has 0 radical (unpaired) electrons. The van der Waals surface area contributed by atoms with E-state index >= 15 is 0 Å². The molecule has 2 heterocycles. The number of nitrogens with one attached hydrogen (secondary N) is 2. The Morgan fingerprint density at radius 3 is 2.16 bits per heavy atom. The van der Waals surface area contributed by atoms with E-state index in [1.54, 1.807) is 36.4 Å². The predicted molar refractivity (Wildman–Crippen MR) is 122 cm³/mol. The van der Waals surface area contributed by atoms with Crippen LogP contribution in [0.25, 0.3) is 11.4 Å². The zero-order valence-corrected chi connectivity index (χ0v) is 19.2. The number of nitrogens with two attached hydrogens (primary N) is 1. The zero-order valence-electron chi connectivity index (χ0n) is 18.5. The Kier molecular flexibility index (Phi) is 8.25. The number of rotatable bonds is 5. The van der Waals surface area contributed by atoms with E-state index in [2.05, 4.69) is 30.7 Å². The van der Waals surface area contributed by atoms with Crippen LogP contribution in [-0.2, 0) is 11.0 Å². The average Bonchev–Trinajstić information content (AvgIpc) is 3.30. The average molecular weight is 562 g/mol. The molecule has 0 aliphatic rings. The molecule has 5 N–H and O–H groups in total. The van der Waals surface area contributed by atoms with Crippen molar-refractivity contribution in [2.45, 2.75) is 12.4 Å². The summed E-state index contributed by atoms with van der Waals surface area (Å²) in [6.45, 7) is 0. The molecule has 10 nitrogen and oxygen atoms in total. The highest BCUT2D eigenvalue weighted by atomic mass is 35.5. The van der Waals surface area contributed by atoms with E-state index in [1.165, 1.54) is 6.07 Å². The number of alkyl halides is 6. The number of anilines is 3. The van der Waals surface area contributed by atoms with Gasteiger partial charge in [-0.25, -0.2) is 4.79 Å². The van der Waals surface area contributed by atoms with Crippen molar-refractivity contribution in [3.05, 3.63) is 65.2 Å². The first-order valence-electron chi connectivity index (χ1n) is 9.96. The molecule has 17 heteroatoms. The van der Waals surface area contributed by atoms with E-state index in [0.29, 0.717) is 17.1 Å². The van der Waals surface area contributed by atoms with Gasteiger partial charge < -0.3 is 25.9 Å². The number of nitrogen functional groups attached to an aromatic ring is 1. The van der Waals surface area contributed by atoms with E-state index in [-0.39, 0.29) is 28.4 Å². The summed E-state index contributed by atoms with van der Waals surface area (Å²) >= 11 is 5.63. The number of ether oxygens (including phenoxy) is 1. The molecule has 0 amide bonds. The Balaban J connectivity index is 0.000000505. The lowest BCUT2D eigenvalue weighted by atomic mass is 10.2. The Bertz CT molecular complexity index is 1390. The summed E-state index contributed by atoms with van der Waals surface area (Å²) in [6, 6.07) is 13.5. The summed E-state index contributed by atoms with van der Waals surface area (Å²) in [5.41, 5.74) is 5.38. The minimum Gasteiger partial charge on any atom is -0.475 e. The van der Waals surface area contributed by atoms with Crippen molar-refractivity contribution in [2.75, 3.05) is 11.1 Å². The lowest BCUT2D eigenvalue weighted by molar-refractivity contribution is -0.192. The number of benzene rings is 2. The Morgan fingerprint density at radius 2 is 1.61 bits per heavy atom. The third-order valence-corrected chi connectivity index (χ3v) is 4.60. The minimum atomic E-state index is -5.08. The largest absolute Gasteiger partial charge is 0.490 e. The molecular formula is C21H14ClF6N7O3. The predicted octanol–water partition coefficient (Wildman–Crippen LogP) is 5.69. The van der Waals surface area contributed by atoms with Crippen molar-refractivity contribution in [1.29, 1.82) is 0 Å². The second kappa shape index (κ2) is 11.2. The Morgan fingerprint density at radius 1 is 0.947 bits per heavy atom. The van der Waals surface area contributed by atoms with Gasteiger partial charge in [-0.1, -0.05) is 11.6 Å². The van der Waals surface area contributed by atoms with E-state index in [4.69, 9.17) is 32.0 Å². The summed E-state index contributed by atoms with van der Waals surface area (Å²) in [4.78, 5) is 11.8. The van der Waals surface area contributed by atoms with Crippen molar-refractivity contribution in [1.82, 2.24) is 25.4 Å². The van der Waals surface area contributed by atoms with Crippen molar-refractivity contribution >= 4 is 35.0 Å². The molecule has 0 unspecified atom stereocenters. The highest BCUT2D eigenvalue weighted by molar-refractivity contribution is 6.31. The smallest absolute Gasteiger partial charge is 0.475 e. The Hall–Kier alpha value is -4.60. The van der Waals surface area contributed by atoms with E-state index < -0.39 is 23.9 Å². The molecule has 0 bridgehead atoms. The maximum Gasteiger partial charge on any atom is 0.490 e. The molecule has 0 saturated heterocycles. The van der Waals surface area contributed by atoms with Gasteiger partial charge in [0.05, 0.1) is 10.6 Å². The molecular weight excluding hydrogens is 548 g/mol. The first kappa shape index (κ1) is 28.0. The van der Waals surface area contributed by atoms with Gasteiger partial charge in [-0.15, -0.1) is 20.4 Å². The van der Waals surface area contributed by atoms with Gasteiger partial charge in [-0.2, -0.15) is 26.3 Å². The van der Waals surface area contributed by atoms with Crippen LogP contribution in [0.4, 0.5) is 43.8 Å². The fourth-order valence-electron chi connectivity index (χ4n) is 2.59. The number of H-pyrrole nitrogens is 1. The van der Waals surface area contributed by atoms with Gasteiger partial charge in [-0.05, 0) is 48.5 Å². The van der Waals surface area contributed by atoms with Crippen LogP contribution in [0.1, 0.15) is 5.56 Å². The van der Waals surface area contributed by atoms with Gasteiger partial charge in [0.25, 0.3) is 0 Å². The summed E-state index contributed by atoms with van der Waals surface area (Å²) in [5.74, 6) is -1.09. The number of aliphatic carboxylic acids is 1. The number of aromatic nitrogens is 5. The quantitative estimate of drug-likeness (QED) is 0.225. The zero-order chi connectivity index (χ0) is 28.1. The standard InChI is InChI=1S/C19H13ClF3N7O.C2HF3O2/c20-14-6-3-11(9-13(14)19(21,22)23)25-18-26-17(29-30-18)10-1-4-12(5-2-10)31-16-8-7-15(24)27-28-16;3-2(4,5)1(6)7/h1-9H,(H2,24,27)(H2,25,26,29,30);(H,6,7). The van der Waals surface area contributed by atoms with Gasteiger partial charge in [0.15, 0.2) is 5.82 Å². The lowest BCUT2D eigenvalue weighted by Gasteiger charge is -2.11. The highest BCUT2D eigenvalue weighted by Crippen LogP contribution is 2.36. The van der Waals surface area contributed by atoms with Crippen LogP contribution < -0.4 is 15.8 Å². The highest BCUT2D eigenvalue weighted by Gasteiger charge is 2.38. The number of carboxylic acid groups (broad SMARTS) is 1. The molecule has 0 aliphatic carbocycles. The second-order valence-electron chi connectivity index (χ2n) is 7.07. The molecule has 2 aromatic heterocycles. The summed E-state index contributed by atoms with van der Waals surface area (Å²) < 4.78 is 76.3. The minimum absolute atomic E-state index is 0.160. The molecule has 0 fully saturated rings. The summed E-state index contributed by atoms with van der Waals surface area (Å²) in [7, 11) is 0. The first-order chi connectivity index (χ1) is 17.7. The molecule has 38 heavy (non-hydrogen) atoms. The molecule has 4 rings (SSSR count). The van der Waals surface area contributed by atoms with Crippen LogP contribution >= 0.6 is 11.6 Å². The van der Waals surface area contributed by atoms with Gasteiger partial charge in [0.1, 0.15) is 11.6 Å². The molecule has 0 atom stereocenters. The first-order valence-corrected chi connectivity index (χ1v) is 10.3. The maximum absolute atomic E-state index is 13.0. The van der Waals surface area contributed by atoms with Gasteiger partial charge in [0, 0.05) is 17.3 Å². The molecule has 0 saturated carbocycles. The van der Waals surface area contributed by atoms with Crippen LogP contribution in [-0.4, -0.2) is 42.6 Å². The fraction of sp³-hybridized carbons (Fsp3) is 0.0952. The van der Waals surface area contributed by atoms with Crippen LogP contribution in [0.2, 0.25) is 5.02 Å². The number of halogens is 7. The Labute approximate surface area is 213 Å². The lowest BCUT2D eigenvalue weighted by Crippen LogP contribution is -2.21. The van der Waals surface area contributed by atoms with E-state index in [9.17, 15) is 26.3 Å². The molecule has 0 spiro atoms. The van der Waals surface area contributed by atoms with E-state index in [0.717, 1.165) is 12.1 Å².